The second kappa shape index (κ2) is 10.8. The van der Waals surface area contributed by atoms with E-state index < -0.39 is 27.1 Å². The molecule has 0 atom stereocenters. The molecular formula is C25H20N4O7. The predicted octanol–water partition coefficient (Wildman–Crippen LogP) is 5.47. The maximum absolute atomic E-state index is 12.7. The van der Waals surface area contributed by atoms with Gasteiger partial charge in [-0.3, -0.25) is 25.0 Å². The zero-order valence-corrected chi connectivity index (χ0v) is 19.5. The van der Waals surface area contributed by atoms with Crippen molar-refractivity contribution in [2.45, 2.75) is 13.8 Å². The molecule has 0 aliphatic rings. The van der Waals surface area contributed by atoms with E-state index in [-0.39, 0.29) is 22.8 Å². The molecule has 0 aliphatic heterocycles. The normalized spacial score (nSPS) is 10.8. The number of hydrogen-bond donors (Lipinski definition) is 1. The van der Waals surface area contributed by atoms with Crippen molar-refractivity contribution in [3.05, 3.63) is 97.1 Å². The first kappa shape index (κ1) is 25.4. The van der Waals surface area contributed by atoms with Gasteiger partial charge in [-0.1, -0.05) is 24.3 Å². The van der Waals surface area contributed by atoms with Crippen LogP contribution in [-0.4, -0.2) is 22.9 Å². The topological polar surface area (TPSA) is 158 Å². The average Bonchev–Trinajstić information content (AvgIpc) is 2.85. The van der Waals surface area contributed by atoms with Gasteiger partial charge in [0.2, 0.25) is 5.75 Å². The van der Waals surface area contributed by atoms with Gasteiger partial charge in [0.1, 0.15) is 11.6 Å². The lowest BCUT2D eigenvalue weighted by atomic mass is 10.1. The number of benzene rings is 3. The van der Waals surface area contributed by atoms with Crippen LogP contribution >= 0.6 is 0 Å². The smallest absolute Gasteiger partial charge is 0.318 e. The molecule has 3 aromatic carbocycles. The number of nitrogens with zero attached hydrogens (tertiary/aromatic N) is 3. The first-order valence-corrected chi connectivity index (χ1v) is 10.4. The third-order valence-electron chi connectivity index (χ3n) is 5.15. The Balaban J connectivity index is 1.90. The van der Waals surface area contributed by atoms with Gasteiger partial charge in [-0.25, -0.2) is 0 Å². The minimum atomic E-state index is -0.792. The molecule has 0 radical (unpaired) electrons. The van der Waals surface area contributed by atoms with Crippen LogP contribution in [0, 0.1) is 45.4 Å². The highest BCUT2D eigenvalue weighted by Gasteiger charge is 2.22. The van der Waals surface area contributed by atoms with Gasteiger partial charge in [0.25, 0.3) is 11.6 Å². The number of anilines is 1. The molecule has 0 unspecified atom stereocenters. The minimum Gasteiger partial charge on any atom is -0.493 e. The zero-order chi connectivity index (χ0) is 26.4. The molecule has 0 fully saturated rings. The first-order valence-electron chi connectivity index (χ1n) is 10.4. The number of rotatable bonds is 8. The molecule has 0 saturated carbocycles. The van der Waals surface area contributed by atoms with Crippen LogP contribution in [-0.2, 0) is 4.79 Å². The number of nitro groups is 2. The molecule has 0 spiro atoms. The summed E-state index contributed by atoms with van der Waals surface area (Å²) in [5.41, 5.74) is 1.56. The number of amides is 1. The Morgan fingerprint density at radius 2 is 1.64 bits per heavy atom. The summed E-state index contributed by atoms with van der Waals surface area (Å²) in [5, 5.41) is 34.6. The van der Waals surface area contributed by atoms with Crippen molar-refractivity contribution >= 4 is 29.0 Å². The highest BCUT2D eigenvalue weighted by molar-refractivity contribution is 6.10. The first-order chi connectivity index (χ1) is 17.1. The van der Waals surface area contributed by atoms with E-state index in [4.69, 9.17) is 9.47 Å². The summed E-state index contributed by atoms with van der Waals surface area (Å²) in [6.07, 6.45) is 1.36. The van der Waals surface area contributed by atoms with E-state index in [9.17, 15) is 30.3 Å². The lowest BCUT2D eigenvalue weighted by Crippen LogP contribution is -2.15. The van der Waals surface area contributed by atoms with Gasteiger partial charge in [-0.2, -0.15) is 5.26 Å². The Bertz CT molecular complexity index is 1420. The van der Waals surface area contributed by atoms with Gasteiger partial charge < -0.3 is 14.8 Å². The standard InChI is InChI=1S/C25H20N4O7/c1-15-5-4-6-16(2)24(15)27-25(30)18(14-26)11-17-7-9-22(23(12-17)35-3)36-21-10-8-19(28(31)32)13-20(21)29(33)34/h4-13H,1-3H3,(H,27,30)/b18-11-. The van der Waals surface area contributed by atoms with E-state index in [0.29, 0.717) is 11.3 Å². The molecule has 0 aromatic heterocycles. The van der Waals surface area contributed by atoms with E-state index in [2.05, 4.69) is 5.32 Å². The van der Waals surface area contributed by atoms with Crippen LogP contribution in [0.3, 0.4) is 0 Å². The predicted molar refractivity (Wildman–Crippen MR) is 131 cm³/mol. The number of aryl methyl sites for hydroxylation is 2. The number of hydrogen-bond acceptors (Lipinski definition) is 8. The van der Waals surface area contributed by atoms with E-state index in [1.165, 1.54) is 31.4 Å². The van der Waals surface area contributed by atoms with Gasteiger partial charge in [-0.05, 0) is 54.8 Å². The SMILES string of the molecule is COc1cc(/C=C(/C#N)C(=O)Nc2c(C)cccc2C)ccc1Oc1ccc([N+](=O)[O-])cc1[N+](=O)[O-]. The van der Waals surface area contributed by atoms with Crippen LogP contribution in [0.25, 0.3) is 6.08 Å². The molecule has 1 amide bonds. The Labute approximate surface area is 205 Å². The van der Waals surface area contributed by atoms with Crippen molar-refractivity contribution in [2.24, 2.45) is 0 Å². The van der Waals surface area contributed by atoms with Crippen LogP contribution in [0.15, 0.2) is 60.2 Å². The van der Waals surface area contributed by atoms with Gasteiger partial charge in [-0.15, -0.1) is 0 Å². The molecule has 0 saturated heterocycles. The molecule has 11 heteroatoms. The number of ether oxygens (including phenoxy) is 2. The van der Waals surface area contributed by atoms with Gasteiger partial charge in [0.15, 0.2) is 11.5 Å². The highest BCUT2D eigenvalue weighted by atomic mass is 16.6. The zero-order valence-electron chi connectivity index (χ0n) is 19.5. The fourth-order valence-corrected chi connectivity index (χ4v) is 3.33. The number of methoxy groups -OCH3 is 1. The van der Waals surface area contributed by atoms with Crippen LogP contribution in [0.1, 0.15) is 16.7 Å². The summed E-state index contributed by atoms with van der Waals surface area (Å²) >= 11 is 0. The van der Waals surface area contributed by atoms with Crippen molar-refractivity contribution in [2.75, 3.05) is 12.4 Å². The van der Waals surface area contributed by atoms with E-state index in [1.807, 2.05) is 38.1 Å². The Morgan fingerprint density at radius 3 is 2.22 bits per heavy atom. The fraction of sp³-hybridized carbons (Fsp3) is 0.120. The molecule has 0 heterocycles. The Morgan fingerprint density at radius 1 is 0.972 bits per heavy atom. The Kier molecular flexibility index (Phi) is 7.61. The largest absolute Gasteiger partial charge is 0.493 e. The molecule has 3 aromatic rings. The van der Waals surface area contributed by atoms with Crippen LogP contribution < -0.4 is 14.8 Å². The second-order valence-corrected chi connectivity index (χ2v) is 7.57. The number of nitrogens with one attached hydrogen (secondary N) is 1. The van der Waals surface area contributed by atoms with Crippen LogP contribution in [0.4, 0.5) is 17.1 Å². The number of carbonyl (C=O) groups is 1. The second-order valence-electron chi connectivity index (χ2n) is 7.57. The molecule has 36 heavy (non-hydrogen) atoms. The van der Waals surface area contributed by atoms with Crippen molar-refractivity contribution < 1.29 is 24.1 Å². The van der Waals surface area contributed by atoms with Crippen LogP contribution in [0.5, 0.6) is 17.2 Å². The third-order valence-corrected chi connectivity index (χ3v) is 5.15. The third kappa shape index (κ3) is 5.63. The van der Waals surface area contributed by atoms with Gasteiger partial charge in [0, 0.05) is 11.8 Å². The maximum Gasteiger partial charge on any atom is 0.318 e. The highest BCUT2D eigenvalue weighted by Crippen LogP contribution is 2.38. The summed E-state index contributed by atoms with van der Waals surface area (Å²) in [6, 6.07) is 14.9. The monoisotopic (exact) mass is 488 g/mol. The van der Waals surface area contributed by atoms with E-state index in [0.717, 1.165) is 29.3 Å². The van der Waals surface area contributed by atoms with E-state index in [1.54, 1.807) is 0 Å². The fourth-order valence-electron chi connectivity index (χ4n) is 3.33. The summed E-state index contributed by atoms with van der Waals surface area (Å²) in [4.78, 5) is 33.5. The van der Waals surface area contributed by atoms with Crippen molar-refractivity contribution in [1.29, 1.82) is 5.26 Å². The molecule has 182 valence electrons. The minimum absolute atomic E-state index is 0.0881. The molecule has 0 bridgehead atoms. The number of nitro benzene ring substituents is 2. The molecule has 0 aliphatic carbocycles. The summed E-state index contributed by atoms with van der Waals surface area (Å²) < 4.78 is 10.9. The maximum atomic E-state index is 12.7. The van der Waals surface area contributed by atoms with Gasteiger partial charge >= 0.3 is 5.69 Å². The molecule has 11 nitrogen and oxygen atoms in total. The van der Waals surface area contributed by atoms with E-state index >= 15 is 0 Å². The number of nitriles is 1. The Hall–Kier alpha value is -5.24. The molecule has 3 rings (SSSR count). The number of para-hydroxylation sites is 1. The summed E-state index contributed by atoms with van der Waals surface area (Å²) in [5.74, 6) is -0.567. The number of non-ortho nitro benzene ring substituents is 1. The van der Waals surface area contributed by atoms with Crippen molar-refractivity contribution in [3.8, 4) is 23.3 Å². The molecule has 1 N–H and O–H groups in total. The summed E-state index contributed by atoms with van der Waals surface area (Å²) in [7, 11) is 1.35. The lowest BCUT2D eigenvalue weighted by Gasteiger charge is -2.12. The van der Waals surface area contributed by atoms with Crippen molar-refractivity contribution in [1.82, 2.24) is 0 Å². The van der Waals surface area contributed by atoms with Crippen molar-refractivity contribution in [3.63, 3.8) is 0 Å². The summed E-state index contributed by atoms with van der Waals surface area (Å²) in [6.45, 7) is 3.69. The quantitative estimate of drug-likeness (QED) is 0.189. The average molecular weight is 488 g/mol. The molecular weight excluding hydrogens is 468 g/mol. The van der Waals surface area contributed by atoms with Crippen LogP contribution in [0.2, 0.25) is 0 Å². The lowest BCUT2D eigenvalue weighted by molar-refractivity contribution is -0.394. The number of carbonyl (C=O) groups excluding carboxylic acids is 1. The van der Waals surface area contributed by atoms with Gasteiger partial charge in [0.05, 0.1) is 23.0 Å².